The molecule has 4 rings (SSSR count). The summed E-state index contributed by atoms with van der Waals surface area (Å²) in [5.41, 5.74) is 0. The van der Waals surface area contributed by atoms with Crippen molar-refractivity contribution < 1.29 is 19.0 Å². The second kappa shape index (κ2) is 11.7. The van der Waals surface area contributed by atoms with Crippen molar-refractivity contribution in [2.45, 2.75) is 6.42 Å². The molecule has 0 atom stereocenters. The first kappa shape index (κ1) is 25.9. The lowest BCUT2D eigenvalue weighted by Crippen LogP contribution is -2.36. The van der Waals surface area contributed by atoms with E-state index in [2.05, 4.69) is 0 Å². The minimum Gasteiger partial charge on any atom is -0.481 e. The molecule has 4 aromatic carbocycles. The summed E-state index contributed by atoms with van der Waals surface area (Å²) in [5, 5.41) is 12.2. The quantitative estimate of drug-likeness (QED) is 0.292. The average molecular weight is 518 g/mol. The molecule has 0 aliphatic rings. The summed E-state index contributed by atoms with van der Waals surface area (Å²) in [6, 6.07) is 37.1. The van der Waals surface area contributed by atoms with Crippen molar-refractivity contribution in [2.24, 2.45) is 0 Å². The van der Waals surface area contributed by atoms with Crippen LogP contribution in [-0.4, -0.2) is 35.1 Å². The van der Waals surface area contributed by atoms with E-state index in [1.165, 1.54) is 0 Å². The molecule has 0 aliphatic heterocycles. The lowest BCUT2D eigenvalue weighted by Gasteiger charge is -2.31. The van der Waals surface area contributed by atoms with Crippen LogP contribution in [0.15, 0.2) is 121 Å². The second-order valence-electron chi connectivity index (χ2n) is 8.64. The molecule has 36 heavy (non-hydrogen) atoms. The standard InChI is InChI=1S/C29H29NO4P2/c31-29(32)21-22-30(23-35(33,25-13-5-1-6-14-25)26-15-7-2-8-16-26)24-36(34,27-17-9-3-10-18-27)28-19-11-4-12-20-28/h1-20H,21-24H2,(H,31,32). The lowest BCUT2D eigenvalue weighted by molar-refractivity contribution is -0.137. The molecule has 0 radical (unpaired) electrons. The molecule has 0 saturated heterocycles. The molecule has 0 heterocycles. The molecular formula is C29H29NO4P2. The average Bonchev–Trinajstić information content (AvgIpc) is 2.93. The van der Waals surface area contributed by atoms with Gasteiger partial charge in [-0.05, 0) is 0 Å². The maximum atomic E-state index is 14.8. The summed E-state index contributed by atoms with van der Waals surface area (Å²) in [6.45, 7) is 0.128. The van der Waals surface area contributed by atoms with Gasteiger partial charge in [0.05, 0.1) is 19.0 Å². The molecule has 0 spiro atoms. The van der Waals surface area contributed by atoms with E-state index in [1.807, 2.05) is 126 Å². The van der Waals surface area contributed by atoms with Gasteiger partial charge in [0, 0.05) is 27.8 Å². The number of carboxylic acids is 1. The van der Waals surface area contributed by atoms with Gasteiger partial charge in [-0.3, -0.25) is 9.69 Å². The number of hydrogen-bond donors (Lipinski definition) is 1. The van der Waals surface area contributed by atoms with Crippen LogP contribution in [0.25, 0.3) is 0 Å². The smallest absolute Gasteiger partial charge is 0.304 e. The highest BCUT2D eigenvalue weighted by atomic mass is 31.2. The Labute approximate surface area is 212 Å². The molecule has 184 valence electrons. The third-order valence-corrected chi connectivity index (χ3v) is 12.3. The molecular weight excluding hydrogens is 488 g/mol. The first-order valence-electron chi connectivity index (χ1n) is 11.8. The van der Waals surface area contributed by atoms with Gasteiger partial charge in [-0.1, -0.05) is 121 Å². The van der Waals surface area contributed by atoms with Crippen LogP contribution >= 0.6 is 14.3 Å². The molecule has 5 nitrogen and oxygen atoms in total. The predicted molar refractivity (Wildman–Crippen MR) is 148 cm³/mol. The van der Waals surface area contributed by atoms with E-state index < -0.39 is 20.3 Å². The maximum Gasteiger partial charge on any atom is 0.304 e. The Kier molecular flexibility index (Phi) is 8.38. The first-order chi connectivity index (χ1) is 17.4. The van der Waals surface area contributed by atoms with Gasteiger partial charge < -0.3 is 14.2 Å². The molecule has 7 heteroatoms. The van der Waals surface area contributed by atoms with E-state index >= 15 is 0 Å². The van der Waals surface area contributed by atoms with Crippen molar-refractivity contribution in [3.63, 3.8) is 0 Å². The van der Waals surface area contributed by atoms with Crippen LogP contribution in [-0.2, 0) is 13.9 Å². The summed E-state index contributed by atoms with van der Waals surface area (Å²) in [7, 11) is -6.39. The van der Waals surface area contributed by atoms with Gasteiger partial charge in [0.1, 0.15) is 0 Å². The summed E-state index contributed by atoms with van der Waals surface area (Å²) >= 11 is 0. The molecule has 4 aromatic rings. The fraction of sp³-hybridized carbons (Fsp3) is 0.138. The van der Waals surface area contributed by atoms with Crippen molar-refractivity contribution in [2.75, 3.05) is 19.1 Å². The third-order valence-electron chi connectivity index (χ3n) is 6.13. The molecule has 0 saturated carbocycles. The zero-order valence-electron chi connectivity index (χ0n) is 19.9. The number of aliphatic carboxylic acids is 1. The largest absolute Gasteiger partial charge is 0.481 e. The third kappa shape index (κ3) is 5.94. The van der Waals surface area contributed by atoms with Crippen molar-refractivity contribution in [3.8, 4) is 0 Å². The Hall–Kier alpha value is -3.23. The lowest BCUT2D eigenvalue weighted by atomic mass is 10.4. The van der Waals surface area contributed by atoms with E-state index in [0.29, 0.717) is 21.2 Å². The molecule has 0 unspecified atom stereocenters. The summed E-state index contributed by atoms with van der Waals surface area (Å²) in [6.07, 6.45) is 0.0170. The number of carboxylic acid groups (broad SMARTS) is 1. The number of nitrogens with zero attached hydrogens (tertiary/aromatic N) is 1. The topological polar surface area (TPSA) is 74.7 Å². The Bertz CT molecular complexity index is 1180. The molecule has 0 aromatic heterocycles. The van der Waals surface area contributed by atoms with E-state index in [9.17, 15) is 19.0 Å². The van der Waals surface area contributed by atoms with Gasteiger partial charge in [0.25, 0.3) is 0 Å². The Balaban J connectivity index is 1.79. The van der Waals surface area contributed by atoms with Crippen LogP contribution in [0.3, 0.4) is 0 Å². The normalized spacial score (nSPS) is 11.9. The molecule has 0 bridgehead atoms. The number of benzene rings is 4. The number of rotatable bonds is 11. The van der Waals surface area contributed by atoms with Crippen LogP contribution in [0, 0.1) is 0 Å². The van der Waals surface area contributed by atoms with Crippen LogP contribution in [0.1, 0.15) is 6.42 Å². The van der Waals surface area contributed by atoms with E-state index in [1.54, 1.807) is 0 Å². The van der Waals surface area contributed by atoms with E-state index in [0.717, 1.165) is 0 Å². The maximum absolute atomic E-state index is 14.8. The SMILES string of the molecule is O=C(O)CCN(CP(=O)(c1ccccc1)c1ccccc1)CP(=O)(c1ccccc1)c1ccccc1. The second-order valence-corrected chi connectivity index (χ2v) is 14.2. The van der Waals surface area contributed by atoms with Gasteiger partial charge in [-0.25, -0.2) is 0 Å². The Morgan fingerprint density at radius 3 is 1.08 bits per heavy atom. The summed E-state index contributed by atoms with van der Waals surface area (Å²) < 4.78 is 29.5. The zero-order valence-corrected chi connectivity index (χ0v) is 21.7. The van der Waals surface area contributed by atoms with Crippen molar-refractivity contribution in [3.05, 3.63) is 121 Å². The summed E-state index contributed by atoms with van der Waals surface area (Å²) in [4.78, 5) is 13.4. The van der Waals surface area contributed by atoms with Crippen molar-refractivity contribution in [1.29, 1.82) is 0 Å². The monoisotopic (exact) mass is 517 g/mol. The molecule has 1 N–H and O–H groups in total. The number of carbonyl (C=O) groups is 1. The molecule has 0 amide bonds. The van der Waals surface area contributed by atoms with Gasteiger partial charge >= 0.3 is 5.97 Å². The highest BCUT2D eigenvalue weighted by Crippen LogP contribution is 2.48. The minimum absolute atomic E-state index is 0.0813. The van der Waals surface area contributed by atoms with E-state index in [4.69, 9.17) is 0 Å². The highest BCUT2D eigenvalue weighted by Gasteiger charge is 2.35. The molecule has 0 aliphatic carbocycles. The fourth-order valence-electron chi connectivity index (χ4n) is 4.30. The van der Waals surface area contributed by atoms with Crippen LogP contribution in [0.2, 0.25) is 0 Å². The number of hydrogen-bond acceptors (Lipinski definition) is 4. The Morgan fingerprint density at radius 2 is 0.833 bits per heavy atom. The van der Waals surface area contributed by atoms with Gasteiger partial charge in [0.15, 0.2) is 14.3 Å². The van der Waals surface area contributed by atoms with Crippen LogP contribution in [0.5, 0.6) is 0 Å². The Morgan fingerprint density at radius 1 is 0.556 bits per heavy atom. The predicted octanol–water partition coefficient (Wildman–Crippen LogP) is 4.71. The molecule has 0 fully saturated rings. The minimum atomic E-state index is -3.20. The van der Waals surface area contributed by atoms with Gasteiger partial charge in [-0.2, -0.15) is 0 Å². The van der Waals surface area contributed by atoms with Crippen molar-refractivity contribution >= 4 is 41.5 Å². The van der Waals surface area contributed by atoms with Gasteiger partial charge in [-0.15, -0.1) is 0 Å². The fourth-order valence-corrected chi connectivity index (χ4v) is 9.93. The van der Waals surface area contributed by atoms with Crippen LogP contribution < -0.4 is 21.2 Å². The van der Waals surface area contributed by atoms with Crippen molar-refractivity contribution in [1.82, 2.24) is 4.90 Å². The summed E-state index contributed by atoms with van der Waals surface area (Å²) in [5.74, 6) is -0.955. The first-order valence-corrected chi connectivity index (χ1v) is 15.5. The van der Waals surface area contributed by atoms with Gasteiger partial charge in [0.2, 0.25) is 0 Å². The van der Waals surface area contributed by atoms with E-state index in [-0.39, 0.29) is 25.5 Å². The zero-order chi connectivity index (χ0) is 25.4. The van der Waals surface area contributed by atoms with Crippen LogP contribution in [0.4, 0.5) is 0 Å². The highest BCUT2D eigenvalue weighted by molar-refractivity contribution is 7.79.